The summed E-state index contributed by atoms with van der Waals surface area (Å²) in [6, 6.07) is 4.58. The van der Waals surface area contributed by atoms with E-state index in [1.807, 2.05) is 0 Å². The van der Waals surface area contributed by atoms with Gasteiger partial charge in [0.2, 0.25) is 17.7 Å². The maximum atomic E-state index is 13.0. The SMILES string of the molecule is CC(=O)N1CCN(C(=O)[C@@H]2CC(=NOCc3ccc(Cl)c(Cl)c3)CN2C(C)=O)CC1. The van der Waals surface area contributed by atoms with Gasteiger partial charge in [-0.2, -0.15) is 0 Å². The van der Waals surface area contributed by atoms with Crippen LogP contribution in [0.2, 0.25) is 10.0 Å². The average molecular weight is 455 g/mol. The molecule has 30 heavy (non-hydrogen) atoms. The Morgan fingerprint density at radius 3 is 2.30 bits per heavy atom. The number of likely N-dealkylation sites (tertiary alicyclic amines) is 1. The van der Waals surface area contributed by atoms with Crippen LogP contribution in [0.4, 0.5) is 0 Å². The molecule has 162 valence electrons. The van der Waals surface area contributed by atoms with E-state index in [1.54, 1.807) is 28.0 Å². The van der Waals surface area contributed by atoms with E-state index in [0.717, 1.165) is 5.56 Å². The number of nitrogens with zero attached hydrogens (tertiary/aromatic N) is 4. The van der Waals surface area contributed by atoms with E-state index in [1.165, 1.54) is 18.7 Å². The first kappa shape index (κ1) is 22.4. The minimum absolute atomic E-state index is 0.00173. The lowest BCUT2D eigenvalue weighted by atomic mass is 10.1. The van der Waals surface area contributed by atoms with Crippen LogP contribution in [0.1, 0.15) is 25.8 Å². The summed E-state index contributed by atoms with van der Waals surface area (Å²) in [6.45, 7) is 5.33. The minimum Gasteiger partial charge on any atom is -0.391 e. The van der Waals surface area contributed by atoms with Crippen molar-refractivity contribution in [3.63, 3.8) is 0 Å². The zero-order valence-corrected chi connectivity index (χ0v) is 18.4. The normalized spacial score (nSPS) is 20.6. The molecule has 0 aliphatic carbocycles. The highest BCUT2D eigenvalue weighted by molar-refractivity contribution is 6.42. The average Bonchev–Trinajstić information content (AvgIpc) is 3.15. The van der Waals surface area contributed by atoms with Crippen LogP contribution in [0.3, 0.4) is 0 Å². The number of benzene rings is 1. The predicted molar refractivity (Wildman–Crippen MR) is 113 cm³/mol. The van der Waals surface area contributed by atoms with Crippen molar-refractivity contribution in [2.24, 2.45) is 5.16 Å². The zero-order valence-electron chi connectivity index (χ0n) is 16.9. The van der Waals surface area contributed by atoms with Crippen molar-refractivity contribution in [1.29, 1.82) is 0 Å². The van der Waals surface area contributed by atoms with E-state index in [0.29, 0.717) is 48.4 Å². The van der Waals surface area contributed by atoms with Crippen LogP contribution in [0.5, 0.6) is 0 Å². The second-order valence-electron chi connectivity index (χ2n) is 7.38. The van der Waals surface area contributed by atoms with Gasteiger partial charge in [0.05, 0.1) is 22.3 Å². The smallest absolute Gasteiger partial charge is 0.245 e. The van der Waals surface area contributed by atoms with E-state index >= 15 is 0 Å². The first-order valence-corrected chi connectivity index (χ1v) is 10.4. The van der Waals surface area contributed by atoms with Crippen molar-refractivity contribution >= 4 is 46.6 Å². The summed E-state index contributed by atoms with van der Waals surface area (Å²) in [5.41, 5.74) is 1.44. The molecule has 3 rings (SSSR count). The van der Waals surface area contributed by atoms with Gasteiger partial charge in [-0.15, -0.1) is 0 Å². The Morgan fingerprint density at radius 2 is 1.70 bits per heavy atom. The van der Waals surface area contributed by atoms with Gasteiger partial charge in [0, 0.05) is 46.4 Å². The molecule has 0 saturated carbocycles. The first-order chi connectivity index (χ1) is 14.3. The number of carbonyl (C=O) groups is 3. The summed E-state index contributed by atoms with van der Waals surface area (Å²) in [5, 5.41) is 5.04. The van der Waals surface area contributed by atoms with Crippen LogP contribution < -0.4 is 0 Å². The van der Waals surface area contributed by atoms with E-state index in [-0.39, 0.29) is 30.9 Å². The summed E-state index contributed by atoms with van der Waals surface area (Å²) >= 11 is 11.9. The standard InChI is InChI=1S/C20H24Cl2N4O4/c1-13(27)24-5-7-25(8-6-24)20(29)19-10-16(11-26(19)14(2)28)23-30-12-15-3-4-17(21)18(22)9-15/h3-4,9,19H,5-8,10-12H2,1-2H3/t19-/m0/s1. The molecule has 1 atom stereocenters. The van der Waals surface area contributed by atoms with E-state index in [9.17, 15) is 14.4 Å². The lowest BCUT2D eigenvalue weighted by Crippen LogP contribution is -2.54. The molecule has 2 aliphatic rings. The number of piperazine rings is 1. The Kier molecular flexibility index (Phi) is 7.20. The molecule has 2 heterocycles. The molecular weight excluding hydrogens is 431 g/mol. The molecule has 0 N–H and O–H groups in total. The second kappa shape index (κ2) is 9.66. The molecule has 0 unspecified atom stereocenters. The maximum absolute atomic E-state index is 13.0. The fourth-order valence-corrected chi connectivity index (χ4v) is 3.92. The molecule has 1 aromatic rings. The Morgan fingerprint density at radius 1 is 1.03 bits per heavy atom. The Bertz CT molecular complexity index is 868. The molecule has 2 saturated heterocycles. The van der Waals surface area contributed by atoms with Crippen molar-refractivity contribution in [2.75, 3.05) is 32.7 Å². The van der Waals surface area contributed by atoms with Crippen molar-refractivity contribution in [3.8, 4) is 0 Å². The molecule has 2 aliphatic heterocycles. The third-order valence-corrected chi connectivity index (χ3v) is 6.03. The molecule has 3 amide bonds. The Labute approximate surface area is 185 Å². The molecule has 0 spiro atoms. The van der Waals surface area contributed by atoms with Gasteiger partial charge in [0.25, 0.3) is 0 Å². The predicted octanol–water partition coefficient (Wildman–Crippen LogP) is 2.18. The number of amides is 3. The fourth-order valence-electron chi connectivity index (χ4n) is 3.60. The van der Waals surface area contributed by atoms with E-state index in [4.69, 9.17) is 28.0 Å². The summed E-state index contributed by atoms with van der Waals surface area (Å²) in [7, 11) is 0. The first-order valence-electron chi connectivity index (χ1n) is 9.69. The van der Waals surface area contributed by atoms with Gasteiger partial charge in [-0.3, -0.25) is 14.4 Å². The topological polar surface area (TPSA) is 82.5 Å². The summed E-state index contributed by atoms with van der Waals surface area (Å²) in [4.78, 5) is 46.9. The Balaban J connectivity index is 1.60. The molecule has 2 fully saturated rings. The van der Waals surface area contributed by atoms with Gasteiger partial charge in [-0.25, -0.2) is 0 Å². The molecule has 8 nitrogen and oxygen atoms in total. The van der Waals surface area contributed by atoms with Crippen LogP contribution in [-0.4, -0.2) is 76.9 Å². The van der Waals surface area contributed by atoms with Crippen molar-refractivity contribution < 1.29 is 19.2 Å². The highest BCUT2D eigenvalue weighted by atomic mass is 35.5. The summed E-state index contributed by atoms with van der Waals surface area (Å²) in [5.74, 6) is -0.310. The number of hydrogen-bond acceptors (Lipinski definition) is 5. The second-order valence-corrected chi connectivity index (χ2v) is 8.19. The lowest BCUT2D eigenvalue weighted by molar-refractivity contribution is -0.145. The molecule has 0 bridgehead atoms. The number of carbonyl (C=O) groups excluding carboxylic acids is 3. The summed E-state index contributed by atoms with van der Waals surface area (Å²) in [6.07, 6.45) is 0.326. The third kappa shape index (κ3) is 5.23. The number of hydrogen-bond donors (Lipinski definition) is 0. The van der Waals surface area contributed by atoms with Crippen LogP contribution >= 0.6 is 23.2 Å². The van der Waals surface area contributed by atoms with E-state index < -0.39 is 6.04 Å². The number of oxime groups is 1. The van der Waals surface area contributed by atoms with Crippen molar-refractivity contribution in [1.82, 2.24) is 14.7 Å². The van der Waals surface area contributed by atoms with E-state index in [2.05, 4.69) is 5.16 Å². The molecule has 10 heteroatoms. The molecule has 1 aromatic carbocycles. The van der Waals surface area contributed by atoms with Gasteiger partial charge in [0.1, 0.15) is 12.6 Å². The van der Waals surface area contributed by atoms with Crippen LogP contribution in [-0.2, 0) is 25.8 Å². The van der Waals surface area contributed by atoms with Gasteiger partial charge >= 0.3 is 0 Å². The zero-order chi connectivity index (χ0) is 21.8. The highest BCUT2D eigenvalue weighted by Gasteiger charge is 2.39. The Hall–Kier alpha value is -2.32. The molecular formula is C20H24Cl2N4O4. The molecule has 0 aromatic heterocycles. The molecule has 0 radical (unpaired) electrons. The third-order valence-electron chi connectivity index (χ3n) is 5.29. The minimum atomic E-state index is -0.598. The van der Waals surface area contributed by atoms with Gasteiger partial charge in [-0.05, 0) is 17.7 Å². The summed E-state index contributed by atoms with van der Waals surface area (Å²) < 4.78 is 0. The van der Waals surface area contributed by atoms with Crippen molar-refractivity contribution in [3.05, 3.63) is 33.8 Å². The fraction of sp³-hybridized carbons (Fsp3) is 0.500. The van der Waals surface area contributed by atoms with Gasteiger partial charge in [-0.1, -0.05) is 34.4 Å². The number of halogens is 2. The maximum Gasteiger partial charge on any atom is 0.245 e. The van der Waals surface area contributed by atoms with Gasteiger partial charge in [0.15, 0.2) is 0 Å². The number of rotatable bonds is 4. The van der Waals surface area contributed by atoms with Crippen LogP contribution in [0, 0.1) is 0 Å². The van der Waals surface area contributed by atoms with Crippen LogP contribution in [0.25, 0.3) is 0 Å². The van der Waals surface area contributed by atoms with Gasteiger partial charge < -0.3 is 19.5 Å². The largest absolute Gasteiger partial charge is 0.391 e. The van der Waals surface area contributed by atoms with Crippen molar-refractivity contribution in [2.45, 2.75) is 32.9 Å². The monoisotopic (exact) mass is 454 g/mol. The highest BCUT2D eigenvalue weighted by Crippen LogP contribution is 2.23. The quantitative estimate of drug-likeness (QED) is 0.652. The van der Waals surface area contributed by atoms with Crippen LogP contribution in [0.15, 0.2) is 23.4 Å². The lowest BCUT2D eigenvalue weighted by Gasteiger charge is -2.36.